The maximum absolute atomic E-state index is 12.3. The second-order valence-corrected chi connectivity index (χ2v) is 5.87. The van der Waals surface area contributed by atoms with Crippen LogP contribution in [0, 0.1) is 0 Å². The van der Waals surface area contributed by atoms with E-state index in [9.17, 15) is 22.8 Å². The number of rotatable bonds is 7. The van der Waals surface area contributed by atoms with Crippen LogP contribution in [0.25, 0.3) is 0 Å². The van der Waals surface area contributed by atoms with E-state index in [0.717, 1.165) is 12.1 Å². The van der Waals surface area contributed by atoms with Gasteiger partial charge in [0.2, 0.25) is 0 Å². The molecular formula is C20H15F3N2O5. The van der Waals surface area contributed by atoms with Gasteiger partial charge in [0.05, 0.1) is 6.26 Å². The fraction of sp³-hybridized carbons (Fsp3) is 0.100. The maximum Gasteiger partial charge on any atom is 0.573 e. The summed E-state index contributed by atoms with van der Waals surface area (Å²) < 4.78 is 51.0. The Morgan fingerprint density at radius 1 is 0.900 bits per heavy atom. The largest absolute Gasteiger partial charge is 0.573 e. The first kappa shape index (κ1) is 20.8. The molecule has 0 saturated heterocycles. The molecule has 0 spiro atoms. The number of halogens is 3. The summed E-state index contributed by atoms with van der Waals surface area (Å²) in [5.74, 6) is -1.06. The van der Waals surface area contributed by atoms with Crippen LogP contribution in [0.2, 0.25) is 0 Å². The molecule has 10 heteroatoms. The van der Waals surface area contributed by atoms with Crippen LogP contribution in [0.1, 0.15) is 10.6 Å². The molecule has 0 aliphatic heterocycles. The molecule has 30 heavy (non-hydrogen) atoms. The van der Waals surface area contributed by atoms with Crippen molar-refractivity contribution in [2.24, 2.45) is 0 Å². The van der Waals surface area contributed by atoms with Gasteiger partial charge in [0, 0.05) is 23.5 Å². The number of benzene rings is 2. The molecule has 0 unspecified atom stereocenters. The molecule has 0 atom stereocenters. The zero-order valence-corrected chi connectivity index (χ0v) is 15.2. The van der Waals surface area contributed by atoms with Gasteiger partial charge < -0.3 is 24.5 Å². The van der Waals surface area contributed by atoms with Crippen LogP contribution in [0.5, 0.6) is 11.5 Å². The third-order valence-electron chi connectivity index (χ3n) is 3.56. The zero-order valence-electron chi connectivity index (χ0n) is 15.2. The molecule has 0 aliphatic rings. The van der Waals surface area contributed by atoms with E-state index in [4.69, 9.17) is 9.15 Å². The Kier molecular flexibility index (Phi) is 6.26. The van der Waals surface area contributed by atoms with Crippen molar-refractivity contribution in [3.63, 3.8) is 0 Å². The predicted octanol–water partition coefficient (Wildman–Crippen LogP) is 4.45. The number of anilines is 2. The number of ether oxygens (including phenoxy) is 2. The van der Waals surface area contributed by atoms with Crippen LogP contribution in [0.3, 0.4) is 0 Å². The summed E-state index contributed by atoms with van der Waals surface area (Å²) in [5.41, 5.74) is 0.538. The van der Waals surface area contributed by atoms with E-state index in [-0.39, 0.29) is 11.4 Å². The molecule has 1 heterocycles. The van der Waals surface area contributed by atoms with E-state index in [1.165, 1.54) is 30.5 Å². The number of amides is 2. The molecule has 3 rings (SSSR count). The Morgan fingerprint density at radius 2 is 1.57 bits per heavy atom. The molecular weight excluding hydrogens is 405 g/mol. The Morgan fingerprint density at radius 3 is 2.23 bits per heavy atom. The van der Waals surface area contributed by atoms with E-state index in [1.54, 1.807) is 24.3 Å². The first-order valence-electron chi connectivity index (χ1n) is 8.52. The molecule has 2 amide bonds. The van der Waals surface area contributed by atoms with Gasteiger partial charge in [-0.1, -0.05) is 12.1 Å². The molecule has 3 aromatic rings. The minimum atomic E-state index is -4.83. The molecule has 2 N–H and O–H groups in total. The van der Waals surface area contributed by atoms with Crippen LogP contribution in [-0.4, -0.2) is 24.8 Å². The topological polar surface area (TPSA) is 89.8 Å². The van der Waals surface area contributed by atoms with Crippen molar-refractivity contribution in [2.75, 3.05) is 17.2 Å². The van der Waals surface area contributed by atoms with Gasteiger partial charge in [0.25, 0.3) is 11.8 Å². The molecule has 156 valence electrons. The van der Waals surface area contributed by atoms with Gasteiger partial charge in [-0.3, -0.25) is 9.59 Å². The summed E-state index contributed by atoms with van der Waals surface area (Å²) in [6.07, 6.45) is -3.46. The fourth-order valence-electron chi connectivity index (χ4n) is 2.38. The molecule has 0 fully saturated rings. The summed E-state index contributed by atoms with van der Waals surface area (Å²) in [4.78, 5) is 24.0. The number of alkyl halides is 3. The molecule has 2 aromatic carbocycles. The van der Waals surface area contributed by atoms with Crippen LogP contribution < -0.4 is 20.1 Å². The molecule has 0 aliphatic carbocycles. The number of nitrogens with one attached hydrogen (secondary N) is 2. The van der Waals surface area contributed by atoms with Crippen molar-refractivity contribution >= 4 is 23.2 Å². The minimum absolute atomic E-state index is 0.116. The lowest BCUT2D eigenvalue weighted by Gasteiger charge is -2.11. The number of carbonyl (C=O) groups is 2. The summed E-state index contributed by atoms with van der Waals surface area (Å²) in [7, 11) is 0. The molecule has 0 radical (unpaired) electrons. The lowest BCUT2D eigenvalue weighted by Crippen LogP contribution is -2.20. The smallest absolute Gasteiger partial charge is 0.484 e. The van der Waals surface area contributed by atoms with E-state index in [0.29, 0.717) is 11.4 Å². The van der Waals surface area contributed by atoms with Crippen LogP contribution in [0.4, 0.5) is 24.5 Å². The molecule has 0 bridgehead atoms. The number of carbonyl (C=O) groups excluding carboxylic acids is 2. The van der Waals surface area contributed by atoms with Gasteiger partial charge in [-0.15, -0.1) is 13.2 Å². The first-order valence-corrected chi connectivity index (χ1v) is 8.52. The average molecular weight is 420 g/mol. The minimum Gasteiger partial charge on any atom is -0.484 e. The van der Waals surface area contributed by atoms with E-state index in [1.807, 2.05) is 0 Å². The van der Waals surface area contributed by atoms with Crippen molar-refractivity contribution < 1.29 is 36.7 Å². The summed E-state index contributed by atoms with van der Waals surface area (Å²) in [5, 5.41) is 5.03. The molecule has 0 saturated carbocycles. The lowest BCUT2D eigenvalue weighted by molar-refractivity contribution is -0.274. The van der Waals surface area contributed by atoms with Gasteiger partial charge in [-0.05, 0) is 36.4 Å². The maximum atomic E-state index is 12.3. The predicted molar refractivity (Wildman–Crippen MR) is 100 cm³/mol. The van der Waals surface area contributed by atoms with Crippen LogP contribution >= 0.6 is 0 Å². The normalized spacial score (nSPS) is 10.9. The van der Waals surface area contributed by atoms with Crippen LogP contribution in [0.15, 0.2) is 71.3 Å². The number of hydrogen-bond donors (Lipinski definition) is 2. The standard InChI is InChI=1S/C20H15F3N2O5/c21-20(22,23)30-16-7-2-4-13(11-16)24-18(26)12-29-15-6-1-5-14(10-15)25-19(27)17-8-3-9-28-17/h1-11H,12H2,(H,24,26)(H,25,27). The van der Waals surface area contributed by atoms with Crippen molar-refractivity contribution in [3.8, 4) is 11.5 Å². The second kappa shape index (κ2) is 9.03. The van der Waals surface area contributed by atoms with Crippen molar-refractivity contribution in [2.45, 2.75) is 6.36 Å². The third-order valence-corrected chi connectivity index (χ3v) is 3.56. The zero-order chi connectivity index (χ0) is 21.6. The molecule has 7 nitrogen and oxygen atoms in total. The highest BCUT2D eigenvalue weighted by Crippen LogP contribution is 2.25. The quantitative estimate of drug-likeness (QED) is 0.590. The third kappa shape index (κ3) is 6.30. The van der Waals surface area contributed by atoms with Crippen molar-refractivity contribution in [1.29, 1.82) is 0 Å². The second-order valence-electron chi connectivity index (χ2n) is 5.87. The Hall–Kier alpha value is -3.95. The monoisotopic (exact) mass is 420 g/mol. The lowest BCUT2D eigenvalue weighted by atomic mass is 10.3. The van der Waals surface area contributed by atoms with E-state index >= 15 is 0 Å². The molecule has 1 aromatic heterocycles. The summed E-state index contributed by atoms with van der Waals surface area (Å²) in [6.45, 7) is -0.403. The summed E-state index contributed by atoms with van der Waals surface area (Å²) in [6, 6.07) is 14.3. The highest BCUT2D eigenvalue weighted by atomic mass is 19.4. The van der Waals surface area contributed by atoms with Gasteiger partial charge >= 0.3 is 6.36 Å². The van der Waals surface area contributed by atoms with E-state index < -0.39 is 30.5 Å². The van der Waals surface area contributed by atoms with Crippen molar-refractivity contribution in [1.82, 2.24) is 0 Å². The Labute approximate surface area is 168 Å². The van der Waals surface area contributed by atoms with Crippen LogP contribution in [-0.2, 0) is 4.79 Å². The Bertz CT molecular complexity index is 1020. The SMILES string of the molecule is O=C(COc1cccc(NC(=O)c2ccco2)c1)Nc1cccc(OC(F)(F)F)c1. The number of hydrogen-bond acceptors (Lipinski definition) is 5. The van der Waals surface area contributed by atoms with Gasteiger partial charge in [0.1, 0.15) is 11.5 Å². The van der Waals surface area contributed by atoms with E-state index in [2.05, 4.69) is 15.4 Å². The Balaban J connectivity index is 1.54. The average Bonchev–Trinajstić information content (AvgIpc) is 3.21. The highest BCUT2D eigenvalue weighted by Gasteiger charge is 2.31. The van der Waals surface area contributed by atoms with Gasteiger partial charge in [-0.25, -0.2) is 0 Å². The van der Waals surface area contributed by atoms with Gasteiger partial charge in [-0.2, -0.15) is 0 Å². The first-order chi connectivity index (χ1) is 14.3. The summed E-state index contributed by atoms with van der Waals surface area (Å²) >= 11 is 0. The van der Waals surface area contributed by atoms with Gasteiger partial charge in [0.15, 0.2) is 12.4 Å². The highest BCUT2D eigenvalue weighted by molar-refractivity contribution is 6.02. The number of furan rings is 1. The van der Waals surface area contributed by atoms with Crippen molar-refractivity contribution in [3.05, 3.63) is 72.7 Å². The fourth-order valence-corrected chi connectivity index (χ4v) is 2.38.